The van der Waals surface area contributed by atoms with E-state index in [4.69, 9.17) is 16.6 Å². The van der Waals surface area contributed by atoms with Gasteiger partial charge in [-0.3, -0.25) is 0 Å². The molecule has 3 nitrogen and oxygen atoms in total. The van der Waals surface area contributed by atoms with Crippen molar-refractivity contribution < 1.29 is 0 Å². The highest BCUT2D eigenvalue weighted by atomic mass is 35.5. The lowest BCUT2D eigenvalue weighted by atomic mass is 10.1. The van der Waals surface area contributed by atoms with E-state index in [1.165, 1.54) is 22.5 Å². The molecule has 0 aliphatic carbocycles. The predicted octanol–water partition coefficient (Wildman–Crippen LogP) is 5.09. The van der Waals surface area contributed by atoms with E-state index in [1.54, 1.807) is 0 Å². The lowest BCUT2D eigenvalue weighted by Crippen LogP contribution is -2.31. The van der Waals surface area contributed by atoms with E-state index in [0.717, 1.165) is 30.4 Å². The van der Waals surface area contributed by atoms with E-state index in [2.05, 4.69) is 60.4 Å². The summed E-state index contributed by atoms with van der Waals surface area (Å²) in [6.45, 7) is 2.16. The van der Waals surface area contributed by atoms with Crippen molar-refractivity contribution in [2.24, 2.45) is 0 Å². The number of nitrogens with zero attached hydrogens (tertiary/aromatic N) is 3. The minimum Gasteiger partial charge on any atom is -0.355 e. The van der Waals surface area contributed by atoms with Gasteiger partial charge in [0.05, 0.1) is 0 Å². The summed E-state index contributed by atoms with van der Waals surface area (Å²) in [7, 11) is 4.32. The lowest BCUT2D eigenvalue weighted by molar-refractivity contribution is 0.315. The largest absolute Gasteiger partial charge is 0.355 e. The average Bonchev–Trinajstić information content (AvgIpc) is 3.33. The standard InChI is InChI=1S/C21H24ClN3S/c1-24(2)18-11-12-25(14-18)21-10-5-16(13-23-21)20-9-8-19(26-20)15-3-6-17(22)7-4-15/h3-8,10,13,18,20H,9,11-12,14H2,1-2H3/t18?,20-/m0/s1. The Morgan fingerprint density at radius 1 is 1.15 bits per heavy atom. The van der Waals surface area contributed by atoms with Gasteiger partial charge in [0.2, 0.25) is 0 Å². The number of hydrogen-bond donors (Lipinski definition) is 0. The molecule has 2 aromatic rings. The molecule has 1 aromatic carbocycles. The van der Waals surface area contributed by atoms with Crippen LogP contribution in [0.4, 0.5) is 5.82 Å². The Labute approximate surface area is 165 Å². The first-order chi connectivity index (χ1) is 12.6. The fraction of sp³-hybridized carbons (Fsp3) is 0.381. The molecule has 2 atom stereocenters. The smallest absolute Gasteiger partial charge is 0.128 e. The van der Waals surface area contributed by atoms with Gasteiger partial charge in [-0.15, -0.1) is 11.8 Å². The van der Waals surface area contributed by atoms with Crippen LogP contribution in [0.5, 0.6) is 0 Å². The van der Waals surface area contributed by atoms with E-state index in [1.807, 2.05) is 23.9 Å². The van der Waals surface area contributed by atoms with Gasteiger partial charge in [0.15, 0.2) is 0 Å². The first-order valence-electron chi connectivity index (χ1n) is 9.10. The van der Waals surface area contributed by atoms with Crippen molar-refractivity contribution >= 4 is 34.1 Å². The number of rotatable bonds is 4. The molecule has 0 bridgehead atoms. The monoisotopic (exact) mass is 385 g/mol. The maximum absolute atomic E-state index is 6.00. The normalized spacial score (nSPS) is 22.9. The first kappa shape index (κ1) is 17.9. The van der Waals surface area contributed by atoms with Gasteiger partial charge in [-0.2, -0.15) is 0 Å². The Morgan fingerprint density at radius 3 is 2.62 bits per heavy atom. The van der Waals surface area contributed by atoms with Crippen LogP contribution in [0.15, 0.2) is 48.7 Å². The molecule has 136 valence electrons. The molecular weight excluding hydrogens is 362 g/mol. The van der Waals surface area contributed by atoms with Gasteiger partial charge in [0, 0.05) is 40.5 Å². The Hall–Kier alpha value is -1.49. The quantitative estimate of drug-likeness (QED) is 0.729. The molecule has 0 spiro atoms. The molecule has 0 radical (unpaired) electrons. The SMILES string of the molecule is CN(C)C1CCN(c2ccc([C@@H]3CC=C(c4ccc(Cl)cc4)S3)cn2)C1. The van der Waals surface area contributed by atoms with Crippen molar-refractivity contribution in [2.45, 2.75) is 24.1 Å². The van der Waals surface area contributed by atoms with Crippen LogP contribution in [0.1, 0.15) is 29.2 Å². The van der Waals surface area contributed by atoms with Crippen molar-refractivity contribution in [1.82, 2.24) is 9.88 Å². The number of halogens is 1. The van der Waals surface area contributed by atoms with Crippen LogP contribution in [0.25, 0.3) is 4.91 Å². The fourth-order valence-electron chi connectivity index (χ4n) is 3.61. The molecule has 2 aliphatic heterocycles. The van der Waals surface area contributed by atoms with Gasteiger partial charge in [-0.1, -0.05) is 35.9 Å². The van der Waals surface area contributed by atoms with Crippen LogP contribution in [0.2, 0.25) is 5.02 Å². The Morgan fingerprint density at radius 2 is 1.96 bits per heavy atom. The molecule has 1 saturated heterocycles. The average molecular weight is 386 g/mol. The summed E-state index contributed by atoms with van der Waals surface area (Å²) in [5, 5.41) is 1.24. The molecule has 1 unspecified atom stereocenters. The molecule has 5 heteroatoms. The van der Waals surface area contributed by atoms with Crippen LogP contribution in [-0.2, 0) is 0 Å². The molecule has 4 rings (SSSR count). The molecule has 1 aromatic heterocycles. The van der Waals surface area contributed by atoms with Crippen LogP contribution >= 0.6 is 23.4 Å². The summed E-state index contributed by atoms with van der Waals surface area (Å²) in [6.07, 6.45) is 6.66. The summed E-state index contributed by atoms with van der Waals surface area (Å²) in [6, 6.07) is 13.2. The predicted molar refractivity (Wildman–Crippen MR) is 113 cm³/mol. The van der Waals surface area contributed by atoms with Crippen molar-refractivity contribution in [2.75, 3.05) is 32.1 Å². The molecule has 0 saturated carbocycles. The van der Waals surface area contributed by atoms with Gasteiger partial charge in [0.25, 0.3) is 0 Å². The number of thioether (sulfide) groups is 1. The highest BCUT2D eigenvalue weighted by Gasteiger charge is 2.25. The Kier molecular flexibility index (Phi) is 5.25. The van der Waals surface area contributed by atoms with Gasteiger partial charge >= 0.3 is 0 Å². The summed E-state index contributed by atoms with van der Waals surface area (Å²) in [5.74, 6) is 1.10. The summed E-state index contributed by atoms with van der Waals surface area (Å²) in [5.41, 5.74) is 2.56. The third-order valence-corrected chi connectivity index (χ3v) is 6.93. The maximum atomic E-state index is 6.00. The molecule has 2 aliphatic rings. The van der Waals surface area contributed by atoms with E-state index in [-0.39, 0.29) is 0 Å². The van der Waals surface area contributed by atoms with Gasteiger partial charge in [-0.25, -0.2) is 4.98 Å². The molecule has 0 N–H and O–H groups in total. The van der Waals surface area contributed by atoms with Crippen LogP contribution < -0.4 is 4.90 Å². The summed E-state index contributed by atoms with van der Waals surface area (Å²) >= 11 is 7.92. The Balaban J connectivity index is 1.40. The minimum absolute atomic E-state index is 0.454. The minimum atomic E-state index is 0.454. The van der Waals surface area contributed by atoms with Gasteiger partial charge in [0.1, 0.15) is 5.82 Å². The molecule has 1 fully saturated rings. The van der Waals surface area contributed by atoms with E-state index in [9.17, 15) is 0 Å². The number of pyridine rings is 1. The topological polar surface area (TPSA) is 19.4 Å². The second kappa shape index (κ2) is 7.63. The molecule has 3 heterocycles. The second-order valence-electron chi connectivity index (χ2n) is 7.22. The highest BCUT2D eigenvalue weighted by Crippen LogP contribution is 2.48. The van der Waals surface area contributed by atoms with E-state index >= 15 is 0 Å². The summed E-state index contributed by atoms with van der Waals surface area (Å²) < 4.78 is 0. The van der Waals surface area contributed by atoms with Crippen molar-refractivity contribution in [3.63, 3.8) is 0 Å². The first-order valence-corrected chi connectivity index (χ1v) is 10.4. The van der Waals surface area contributed by atoms with Crippen molar-refractivity contribution in [3.8, 4) is 0 Å². The molecule has 0 amide bonds. The number of aromatic nitrogens is 1. The van der Waals surface area contributed by atoms with Gasteiger partial charge < -0.3 is 9.80 Å². The number of benzene rings is 1. The zero-order chi connectivity index (χ0) is 18.1. The van der Waals surface area contributed by atoms with Crippen molar-refractivity contribution in [3.05, 3.63) is 64.8 Å². The second-order valence-corrected chi connectivity index (χ2v) is 8.90. The van der Waals surface area contributed by atoms with Crippen LogP contribution in [0.3, 0.4) is 0 Å². The lowest BCUT2D eigenvalue weighted by Gasteiger charge is -2.21. The van der Waals surface area contributed by atoms with E-state index < -0.39 is 0 Å². The highest BCUT2D eigenvalue weighted by molar-refractivity contribution is 8.08. The van der Waals surface area contributed by atoms with Crippen molar-refractivity contribution in [1.29, 1.82) is 0 Å². The van der Waals surface area contributed by atoms with E-state index in [0.29, 0.717) is 11.3 Å². The number of allylic oxidation sites excluding steroid dienone is 1. The molecule has 26 heavy (non-hydrogen) atoms. The number of hydrogen-bond acceptors (Lipinski definition) is 4. The number of anilines is 1. The maximum Gasteiger partial charge on any atom is 0.128 e. The zero-order valence-electron chi connectivity index (χ0n) is 15.2. The van der Waals surface area contributed by atoms with Gasteiger partial charge in [-0.05, 0) is 56.3 Å². The van der Waals surface area contributed by atoms with Crippen LogP contribution in [-0.4, -0.2) is 43.1 Å². The Bertz CT molecular complexity index is 786. The third-order valence-electron chi connectivity index (χ3n) is 5.28. The zero-order valence-corrected chi connectivity index (χ0v) is 16.8. The van der Waals surface area contributed by atoms with Crippen LogP contribution in [0, 0.1) is 0 Å². The third kappa shape index (κ3) is 3.78. The fourth-order valence-corrected chi connectivity index (χ4v) is 4.98. The molecular formula is C21H24ClN3S. The summed E-state index contributed by atoms with van der Waals surface area (Å²) in [4.78, 5) is 10.8. The number of likely N-dealkylation sites (N-methyl/N-ethyl adjacent to an activating group) is 1.